The number of hydrogen-bond acceptors (Lipinski definition) is 8. The molecule has 4 rings (SSSR count). The molecule has 0 aliphatic carbocycles. The zero-order valence-electron chi connectivity index (χ0n) is 17.2. The van der Waals surface area contributed by atoms with Gasteiger partial charge in [-0.05, 0) is 42.5 Å². The van der Waals surface area contributed by atoms with Crippen molar-refractivity contribution >= 4 is 0 Å². The summed E-state index contributed by atoms with van der Waals surface area (Å²) in [6.07, 6.45) is 0. The zero-order valence-corrected chi connectivity index (χ0v) is 17.2. The molecular weight excluding hydrogens is 400 g/mol. The van der Waals surface area contributed by atoms with Crippen LogP contribution in [0.15, 0.2) is 63.9 Å². The van der Waals surface area contributed by atoms with Crippen LogP contribution in [0.1, 0.15) is 5.89 Å². The van der Waals surface area contributed by atoms with Gasteiger partial charge in [0.25, 0.3) is 5.56 Å². The first kappa shape index (κ1) is 20.1. The molecule has 0 saturated carbocycles. The molecule has 2 aromatic heterocycles. The molecule has 0 N–H and O–H groups in total. The molecule has 0 amide bonds. The summed E-state index contributed by atoms with van der Waals surface area (Å²) in [5.74, 6) is 2.55. The smallest absolute Gasteiger partial charge is 0.267 e. The fourth-order valence-electron chi connectivity index (χ4n) is 2.98. The fourth-order valence-corrected chi connectivity index (χ4v) is 2.98. The van der Waals surface area contributed by atoms with Crippen LogP contribution < -0.4 is 19.8 Å². The minimum absolute atomic E-state index is 0.0386. The highest BCUT2D eigenvalue weighted by molar-refractivity contribution is 5.61. The molecule has 0 radical (unpaired) electrons. The Morgan fingerprint density at radius 2 is 1.52 bits per heavy atom. The van der Waals surface area contributed by atoms with Crippen molar-refractivity contribution in [3.8, 4) is 39.9 Å². The average Bonchev–Trinajstić information content (AvgIpc) is 3.29. The van der Waals surface area contributed by atoms with Gasteiger partial charge in [0.2, 0.25) is 11.7 Å². The summed E-state index contributed by atoms with van der Waals surface area (Å²) in [5, 5.41) is 8.43. The average molecular weight is 420 g/mol. The van der Waals surface area contributed by atoms with Gasteiger partial charge < -0.3 is 18.7 Å². The molecule has 9 nitrogen and oxygen atoms in total. The molecule has 0 atom stereocenters. The van der Waals surface area contributed by atoms with Crippen LogP contribution in [0.2, 0.25) is 0 Å². The Bertz CT molecular complexity index is 1230. The maximum atomic E-state index is 12.3. The lowest BCUT2D eigenvalue weighted by Gasteiger charge is -2.06. The van der Waals surface area contributed by atoms with Crippen LogP contribution in [-0.2, 0) is 6.54 Å². The molecule has 2 heterocycles. The van der Waals surface area contributed by atoms with Crippen molar-refractivity contribution < 1.29 is 18.7 Å². The highest BCUT2D eigenvalue weighted by Gasteiger charge is 2.13. The SMILES string of the molecule is COc1ccc(-c2ccc(=O)n(Cc3nc(-c4cc(OC)cc(OC)c4)no3)n2)cc1. The van der Waals surface area contributed by atoms with E-state index in [-0.39, 0.29) is 18.0 Å². The van der Waals surface area contributed by atoms with Gasteiger partial charge in [-0.1, -0.05) is 5.16 Å². The molecule has 0 aliphatic heterocycles. The number of aromatic nitrogens is 4. The van der Waals surface area contributed by atoms with E-state index in [0.717, 1.165) is 11.3 Å². The topological polar surface area (TPSA) is 102 Å². The Morgan fingerprint density at radius 3 is 2.16 bits per heavy atom. The maximum Gasteiger partial charge on any atom is 0.267 e. The number of ether oxygens (including phenoxy) is 3. The van der Waals surface area contributed by atoms with Gasteiger partial charge in [-0.15, -0.1) is 0 Å². The third-order valence-electron chi connectivity index (χ3n) is 4.62. The second-order valence-electron chi connectivity index (χ2n) is 6.56. The van der Waals surface area contributed by atoms with Crippen molar-refractivity contribution in [3.63, 3.8) is 0 Å². The number of hydrogen-bond donors (Lipinski definition) is 0. The standard InChI is InChI=1S/C22H20N4O5/c1-28-16-6-4-14(5-7-16)19-8-9-21(27)26(24-19)13-20-23-22(25-31-20)15-10-17(29-2)12-18(11-15)30-3/h4-12H,13H2,1-3H3. The lowest BCUT2D eigenvalue weighted by atomic mass is 10.1. The van der Waals surface area contributed by atoms with Gasteiger partial charge in [-0.25, -0.2) is 4.68 Å². The molecular formula is C22H20N4O5. The van der Waals surface area contributed by atoms with Crippen LogP contribution in [0, 0.1) is 0 Å². The Kier molecular flexibility index (Phi) is 5.65. The van der Waals surface area contributed by atoms with Crippen LogP contribution in [0.5, 0.6) is 17.2 Å². The summed E-state index contributed by atoms with van der Waals surface area (Å²) in [6, 6.07) is 15.8. The van der Waals surface area contributed by atoms with Crippen molar-refractivity contribution in [2.75, 3.05) is 21.3 Å². The number of rotatable bonds is 7. The highest BCUT2D eigenvalue weighted by Crippen LogP contribution is 2.28. The van der Waals surface area contributed by atoms with Crippen LogP contribution in [0.4, 0.5) is 0 Å². The summed E-state index contributed by atoms with van der Waals surface area (Å²) in [6.45, 7) is 0.0386. The van der Waals surface area contributed by atoms with E-state index in [1.54, 1.807) is 45.6 Å². The molecule has 0 saturated heterocycles. The first-order valence-electron chi connectivity index (χ1n) is 9.38. The van der Waals surface area contributed by atoms with Gasteiger partial charge in [-0.3, -0.25) is 4.79 Å². The normalized spacial score (nSPS) is 10.7. The van der Waals surface area contributed by atoms with E-state index in [4.69, 9.17) is 18.7 Å². The van der Waals surface area contributed by atoms with Crippen LogP contribution in [0.25, 0.3) is 22.6 Å². The Morgan fingerprint density at radius 1 is 0.839 bits per heavy atom. The van der Waals surface area contributed by atoms with Crippen molar-refractivity contribution in [1.82, 2.24) is 19.9 Å². The lowest BCUT2D eigenvalue weighted by Crippen LogP contribution is -2.23. The first-order valence-corrected chi connectivity index (χ1v) is 9.38. The minimum atomic E-state index is -0.278. The molecule has 31 heavy (non-hydrogen) atoms. The second kappa shape index (κ2) is 8.70. The van der Waals surface area contributed by atoms with Gasteiger partial charge in [0, 0.05) is 23.3 Å². The van der Waals surface area contributed by atoms with E-state index < -0.39 is 0 Å². The Hall–Kier alpha value is -4.14. The van der Waals surface area contributed by atoms with Gasteiger partial charge in [-0.2, -0.15) is 10.1 Å². The van der Waals surface area contributed by atoms with Crippen molar-refractivity contribution in [1.29, 1.82) is 0 Å². The van der Waals surface area contributed by atoms with Gasteiger partial charge >= 0.3 is 0 Å². The maximum absolute atomic E-state index is 12.3. The predicted molar refractivity (Wildman–Crippen MR) is 112 cm³/mol. The van der Waals surface area contributed by atoms with E-state index >= 15 is 0 Å². The molecule has 4 aromatic rings. The summed E-state index contributed by atoms with van der Waals surface area (Å²) < 4.78 is 22.4. The third kappa shape index (κ3) is 4.40. The quantitative estimate of drug-likeness (QED) is 0.450. The summed E-state index contributed by atoms with van der Waals surface area (Å²) in [4.78, 5) is 16.7. The third-order valence-corrected chi connectivity index (χ3v) is 4.62. The van der Waals surface area contributed by atoms with Crippen LogP contribution in [0.3, 0.4) is 0 Å². The van der Waals surface area contributed by atoms with Gasteiger partial charge in [0.1, 0.15) is 23.8 Å². The number of nitrogens with zero attached hydrogens (tertiary/aromatic N) is 4. The monoisotopic (exact) mass is 420 g/mol. The summed E-state index contributed by atoms with van der Waals surface area (Å²) >= 11 is 0. The fraction of sp³-hybridized carbons (Fsp3) is 0.182. The van der Waals surface area contributed by atoms with E-state index in [0.29, 0.717) is 28.6 Å². The molecule has 9 heteroatoms. The van der Waals surface area contributed by atoms with E-state index in [1.165, 1.54) is 10.7 Å². The Balaban J connectivity index is 1.60. The minimum Gasteiger partial charge on any atom is -0.497 e. The van der Waals surface area contributed by atoms with Crippen molar-refractivity contribution in [3.05, 3.63) is 70.8 Å². The van der Waals surface area contributed by atoms with Gasteiger partial charge in [0.05, 0.1) is 27.0 Å². The predicted octanol–water partition coefficient (Wildman–Crippen LogP) is 3.03. The molecule has 0 aliphatic rings. The largest absolute Gasteiger partial charge is 0.497 e. The van der Waals surface area contributed by atoms with E-state index in [9.17, 15) is 4.79 Å². The van der Waals surface area contributed by atoms with Crippen molar-refractivity contribution in [2.24, 2.45) is 0 Å². The first-order chi connectivity index (χ1) is 15.1. The zero-order chi connectivity index (χ0) is 21.8. The highest BCUT2D eigenvalue weighted by atomic mass is 16.5. The van der Waals surface area contributed by atoms with E-state index in [1.807, 2.05) is 24.3 Å². The number of methoxy groups -OCH3 is 3. The Labute approximate surface area is 177 Å². The second-order valence-corrected chi connectivity index (χ2v) is 6.56. The molecule has 0 spiro atoms. The summed E-state index contributed by atoms with van der Waals surface area (Å²) in [7, 11) is 4.73. The van der Waals surface area contributed by atoms with Crippen LogP contribution >= 0.6 is 0 Å². The van der Waals surface area contributed by atoms with E-state index in [2.05, 4.69) is 15.2 Å². The molecule has 0 fully saturated rings. The van der Waals surface area contributed by atoms with Gasteiger partial charge in [0.15, 0.2) is 0 Å². The van der Waals surface area contributed by atoms with Crippen LogP contribution in [-0.4, -0.2) is 41.3 Å². The molecule has 158 valence electrons. The molecule has 0 bridgehead atoms. The number of benzene rings is 2. The van der Waals surface area contributed by atoms with Crippen molar-refractivity contribution in [2.45, 2.75) is 6.54 Å². The molecule has 0 unspecified atom stereocenters. The summed E-state index contributed by atoms with van der Waals surface area (Å²) in [5.41, 5.74) is 1.88. The molecule has 2 aromatic carbocycles. The lowest BCUT2D eigenvalue weighted by molar-refractivity contribution is 0.363.